The van der Waals surface area contributed by atoms with Gasteiger partial charge in [-0.05, 0) is 17.9 Å². The zero-order valence-electron chi connectivity index (χ0n) is 13.3. The molecule has 1 unspecified atom stereocenters. The van der Waals surface area contributed by atoms with Crippen LogP contribution in [0.2, 0.25) is 0 Å². The van der Waals surface area contributed by atoms with Crippen molar-refractivity contribution in [3.05, 3.63) is 35.9 Å². The van der Waals surface area contributed by atoms with Gasteiger partial charge in [-0.3, -0.25) is 4.79 Å². The van der Waals surface area contributed by atoms with Crippen molar-refractivity contribution in [1.29, 1.82) is 0 Å². The first-order valence-electron chi connectivity index (χ1n) is 7.25. The summed E-state index contributed by atoms with van der Waals surface area (Å²) in [6.45, 7) is 8.07. The highest BCUT2D eigenvalue weighted by molar-refractivity contribution is 5.84. The van der Waals surface area contributed by atoms with Gasteiger partial charge >= 0.3 is 6.09 Å². The number of hydrogen-bond acceptors (Lipinski definition) is 3. The molecule has 1 aromatic rings. The summed E-state index contributed by atoms with van der Waals surface area (Å²) in [6, 6.07) is 8.63. The molecule has 0 bridgehead atoms. The van der Waals surface area contributed by atoms with Crippen molar-refractivity contribution in [2.75, 3.05) is 0 Å². The number of nitrogens with two attached hydrogens (primary N) is 1. The fourth-order valence-electron chi connectivity index (χ4n) is 1.62. The lowest BCUT2D eigenvalue weighted by molar-refractivity contribution is -0.120. The Balaban J connectivity index is -0.000000960. The quantitative estimate of drug-likeness (QED) is 0.845. The molecule has 0 aliphatic rings. The van der Waals surface area contributed by atoms with Crippen LogP contribution < -0.4 is 11.1 Å². The molecular weight excluding hydrogens is 268 g/mol. The van der Waals surface area contributed by atoms with Gasteiger partial charge in [0, 0.05) is 2.85 Å². The lowest BCUT2D eigenvalue weighted by Gasteiger charge is -2.17. The minimum atomic E-state index is -0.691. The first kappa shape index (κ1) is 19.0. The van der Waals surface area contributed by atoms with E-state index in [0.29, 0.717) is 6.42 Å². The van der Waals surface area contributed by atoms with E-state index >= 15 is 0 Å². The van der Waals surface area contributed by atoms with E-state index in [-0.39, 0.29) is 15.4 Å². The number of ether oxygens (including phenoxy) is 1. The van der Waals surface area contributed by atoms with Crippen LogP contribution in [-0.2, 0) is 16.1 Å². The normalized spacial score (nSPS) is 11.1. The Hall–Kier alpha value is -2.04. The van der Waals surface area contributed by atoms with E-state index in [4.69, 9.17) is 10.5 Å². The minimum Gasteiger partial charge on any atom is -0.445 e. The Morgan fingerprint density at radius 1 is 1.24 bits per heavy atom. The molecular formula is C16H30N2O3. The molecule has 122 valence electrons. The van der Waals surface area contributed by atoms with Crippen molar-refractivity contribution in [1.82, 2.24) is 5.32 Å². The number of alkyl carbamates (subject to hydrolysis) is 1. The molecule has 0 aliphatic heterocycles. The number of amides is 2. The highest BCUT2D eigenvalue weighted by Crippen LogP contribution is 2.05. The Morgan fingerprint density at radius 2 is 1.81 bits per heavy atom. The molecule has 3 N–H and O–H groups in total. The van der Waals surface area contributed by atoms with E-state index in [9.17, 15) is 9.59 Å². The summed E-state index contributed by atoms with van der Waals surface area (Å²) in [5.41, 5.74) is 6.12. The monoisotopic (exact) mass is 298 g/mol. The maximum Gasteiger partial charge on any atom is 0.408 e. The molecule has 0 fully saturated rings. The fourth-order valence-corrected chi connectivity index (χ4v) is 1.62. The molecule has 1 aromatic carbocycles. The van der Waals surface area contributed by atoms with Crippen LogP contribution in [0, 0.1) is 5.92 Å². The summed E-state index contributed by atoms with van der Waals surface area (Å²) < 4.78 is 5.03. The Bertz CT molecular complexity index is 429. The van der Waals surface area contributed by atoms with Gasteiger partial charge in [0.25, 0.3) is 0 Å². The second-order valence-corrected chi connectivity index (χ2v) is 4.79. The van der Waals surface area contributed by atoms with Gasteiger partial charge in [0.1, 0.15) is 12.6 Å². The summed E-state index contributed by atoms with van der Waals surface area (Å²) in [5.74, 6) is -0.294. The summed E-state index contributed by atoms with van der Waals surface area (Å²) >= 11 is 0. The smallest absolute Gasteiger partial charge is 0.408 e. The highest BCUT2D eigenvalue weighted by Gasteiger charge is 2.19. The number of hydrogen-bond donors (Lipinski definition) is 2. The van der Waals surface area contributed by atoms with Gasteiger partial charge in [-0.25, -0.2) is 4.79 Å². The third kappa shape index (κ3) is 8.68. The van der Waals surface area contributed by atoms with Gasteiger partial charge in [0.2, 0.25) is 5.91 Å². The first-order chi connectivity index (χ1) is 9.99. The second-order valence-electron chi connectivity index (χ2n) is 4.79. The number of benzene rings is 1. The lowest BCUT2D eigenvalue weighted by atomic mass is 10.0. The number of carbonyl (C=O) groups excluding carboxylic acids is 2. The summed E-state index contributed by atoms with van der Waals surface area (Å²) in [6.07, 6.45) is -0.135. The van der Waals surface area contributed by atoms with E-state index < -0.39 is 18.0 Å². The van der Waals surface area contributed by atoms with Crippen LogP contribution in [0.5, 0.6) is 0 Å². The highest BCUT2D eigenvalue weighted by atomic mass is 16.5. The van der Waals surface area contributed by atoms with E-state index in [0.717, 1.165) is 5.56 Å². The van der Waals surface area contributed by atoms with Crippen molar-refractivity contribution in [2.45, 2.75) is 46.8 Å². The molecule has 0 aromatic heterocycles. The van der Waals surface area contributed by atoms with Gasteiger partial charge < -0.3 is 15.8 Å². The summed E-state index contributed by atoms with van der Waals surface area (Å²) in [4.78, 5) is 22.8. The number of rotatable bonds is 6. The lowest BCUT2D eigenvalue weighted by Crippen LogP contribution is -2.45. The van der Waals surface area contributed by atoms with Crippen molar-refractivity contribution >= 4 is 12.0 Å². The summed E-state index contributed by atoms with van der Waals surface area (Å²) in [5, 5.41) is 2.48. The number of nitrogens with one attached hydrogen (secondary N) is 1. The van der Waals surface area contributed by atoms with E-state index in [1.54, 1.807) is 0 Å². The molecule has 0 heterocycles. The van der Waals surface area contributed by atoms with Gasteiger partial charge in [-0.1, -0.05) is 58.0 Å². The van der Waals surface area contributed by atoms with Gasteiger partial charge in [0.15, 0.2) is 0 Å². The number of carbonyl (C=O) groups is 2. The van der Waals surface area contributed by atoms with Gasteiger partial charge in [0.05, 0.1) is 0 Å². The number of primary amides is 1. The molecule has 1 rings (SSSR count). The molecule has 21 heavy (non-hydrogen) atoms. The van der Waals surface area contributed by atoms with Crippen LogP contribution in [-0.4, -0.2) is 18.0 Å². The molecule has 0 aliphatic carbocycles. The van der Waals surface area contributed by atoms with Crippen molar-refractivity contribution in [3.63, 3.8) is 0 Å². The molecule has 0 radical (unpaired) electrons. The predicted octanol–water partition coefficient (Wildman–Crippen LogP) is 3.33. The zero-order chi connectivity index (χ0) is 16.3. The topological polar surface area (TPSA) is 81.4 Å². The van der Waals surface area contributed by atoms with Crippen molar-refractivity contribution in [2.24, 2.45) is 11.7 Å². The average molecular weight is 298 g/mol. The Kier molecular flexibility index (Phi) is 9.67. The average Bonchev–Trinajstić information content (AvgIpc) is 2.47. The fraction of sp³-hybridized carbons (Fsp3) is 0.500. The second kappa shape index (κ2) is 10.7. The maximum atomic E-state index is 11.6. The summed E-state index contributed by atoms with van der Waals surface area (Å²) in [7, 11) is 0. The van der Waals surface area contributed by atoms with Crippen molar-refractivity contribution in [3.8, 4) is 0 Å². The maximum absolute atomic E-state index is 11.6. The minimum absolute atomic E-state index is 0. The zero-order valence-corrected chi connectivity index (χ0v) is 13.3. The van der Waals surface area contributed by atoms with Crippen molar-refractivity contribution < 1.29 is 17.2 Å². The third-order valence-electron chi connectivity index (χ3n) is 2.56. The van der Waals surface area contributed by atoms with Crippen LogP contribution in [0.3, 0.4) is 0 Å². The first-order valence-corrected chi connectivity index (χ1v) is 7.25. The van der Waals surface area contributed by atoms with E-state index in [2.05, 4.69) is 5.32 Å². The van der Waals surface area contributed by atoms with Crippen LogP contribution >= 0.6 is 0 Å². The van der Waals surface area contributed by atoms with E-state index in [1.165, 1.54) is 0 Å². The predicted molar refractivity (Wildman–Crippen MR) is 87.8 cm³/mol. The Labute approximate surface area is 129 Å². The molecule has 0 spiro atoms. The third-order valence-corrected chi connectivity index (χ3v) is 2.56. The molecule has 0 saturated heterocycles. The molecule has 5 nitrogen and oxygen atoms in total. The Morgan fingerprint density at radius 3 is 2.29 bits per heavy atom. The molecule has 0 saturated carbocycles. The van der Waals surface area contributed by atoms with Gasteiger partial charge in [-0.15, -0.1) is 0 Å². The molecule has 5 heteroatoms. The van der Waals surface area contributed by atoms with Crippen LogP contribution in [0.15, 0.2) is 30.3 Å². The molecule has 2 amide bonds. The van der Waals surface area contributed by atoms with Crippen LogP contribution in [0.4, 0.5) is 4.79 Å². The van der Waals surface area contributed by atoms with Crippen LogP contribution in [0.1, 0.15) is 42.5 Å². The largest absolute Gasteiger partial charge is 0.445 e. The van der Waals surface area contributed by atoms with Gasteiger partial charge in [-0.2, -0.15) is 0 Å². The standard InChI is InChI=1S/C14H20N2O3.C2H6.2H2/c1-10(2)8-12(13(15)17)16-14(18)19-9-11-6-4-3-5-7-11;1-2;;/h3-7,10,12H,8-9H2,1-2H3,(H2,15,17)(H,16,18);1-2H3;2*1H. The molecule has 1 atom stereocenters. The van der Waals surface area contributed by atoms with Crippen LogP contribution in [0.25, 0.3) is 0 Å². The SMILES string of the molecule is CC.CC(C)CC(NC(=O)OCc1ccccc1)C(N)=O.[HH].[HH]. The van der Waals surface area contributed by atoms with E-state index in [1.807, 2.05) is 58.0 Å².